The van der Waals surface area contributed by atoms with Gasteiger partial charge in [-0.1, -0.05) is 6.92 Å². The van der Waals surface area contributed by atoms with Crippen molar-refractivity contribution in [2.24, 2.45) is 0 Å². The predicted octanol–water partition coefficient (Wildman–Crippen LogP) is 1.75. The summed E-state index contributed by atoms with van der Waals surface area (Å²) in [5, 5.41) is 0. The fourth-order valence-corrected chi connectivity index (χ4v) is 1.50. The minimum atomic E-state index is 0.670. The molecule has 3 heteroatoms. The molecule has 0 bridgehead atoms. The summed E-state index contributed by atoms with van der Waals surface area (Å²) < 4.78 is 2.05. The maximum atomic E-state index is 5.93. The van der Waals surface area contributed by atoms with Gasteiger partial charge in [0, 0.05) is 12.5 Å². The smallest absolute Gasteiger partial charge is 0.126 e. The molecule has 0 spiro atoms. The summed E-state index contributed by atoms with van der Waals surface area (Å²) in [6.07, 6.45) is 5.53. The number of hydrogen-bond acceptors (Lipinski definition) is 2. The Bertz CT molecular complexity index is 273. The largest absolute Gasteiger partial charge is 0.384 e. The zero-order valence-corrected chi connectivity index (χ0v) is 7.45. The van der Waals surface area contributed by atoms with Gasteiger partial charge in [-0.15, -0.1) is 0 Å². The molecule has 1 saturated carbocycles. The minimum absolute atomic E-state index is 0.670. The van der Waals surface area contributed by atoms with Crippen LogP contribution >= 0.6 is 0 Å². The van der Waals surface area contributed by atoms with E-state index in [1.54, 1.807) is 0 Å². The third-order valence-electron chi connectivity index (χ3n) is 2.34. The van der Waals surface area contributed by atoms with Crippen molar-refractivity contribution < 1.29 is 0 Å². The van der Waals surface area contributed by atoms with Gasteiger partial charge in [0.1, 0.15) is 5.82 Å². The van der Waals surface area contributed by atoms with Crippen molar-refractivity contribution in [2.75, 3.05) is 5.73 Å². The first-order valence-electron chi connectivity index (χ1n) is 4.63. The number of nitrogens with two attached hydrogens (primary N) is 1. The third-order valence-corrected chi connectivity index (χ3v) is 2.34. The van der Waals surface area contributed by atoms with E-state index in [9.17, 15) is 0 Å². The second kappa shape index (κ2) is 2.81. The van der Waals surface area contributed by atoms with Gasteiger partial charge in [0.25, 0.3) is 0 Å². The molecule has 0 amide bonds. The highest BCUT2D eigenvalue weighted by molar-refractivity contribution is 5.40. The number of aromatic nitrogens is 2. The quantitative estimate of drug-likeness (QED) is 0.741. The average molecular weight is 165 g/mol. The van der Waals surface area contributed by atoms with Crippen LogP contribution in [-0.4, -0.2) is 9.55 Å². The van der Waals surface area contributed by atoms with Crippen molar-refractivity contribution in [3.8, 4) is 0 Å². The number of rotatable bonds is 3. The molecule has 0 aromatic carbocycles. The van der Waals surface area contributed by atoms with Gasteiger partial charge in [-0.05, 0) is 19.3 Å². The lowest BCUT2D eigenvalue weighted by Gasteiger charge is -2.02. The van der Waals surface area contributed by atoms with Crippen LogP contribution in [0.4, 0.5) is 5.82 Å². The van der Waals surface area contributed by atoms with Gasteiger partial charge >= 0.3 is 0 Å². The molecule has 1 aromatic rings. The molecule has 0 aliphatic heterocycles. The molecule has 0 saturated heterocycles. The first kappa shape index (κ1) is 7.65. The van der Waals surface area contributed by atoms with E-state index in [-0.39, 0.29) is 0 Å². The van der Waals surface area contributed by atoms with Crippen molar-refractivity contribution in [1.29, 1.82) is 0 Å². The highest BCUT2D eigenvalue weighted by Crippen LogP contribution is 2.41. The van der Waals surface area contributed by atoms with E-state index in [1.807, 2.05) is 10.9 Å². The van der Waals surface area contributed by atoms with Crippen LogP contribution in [0.1, 0.15) is 37.8 Å². The Balaban J connectivity index is 2.21. The Labute approximate surface area is 72.6 Å². The Morgan fingerprint density at radius 2 is 2.42 bits per heavy atom. The SMILES string of the molecule is CCCn1cnc(C2CC2)c1N. The van der Waals surface area contributed by atoms with E-state index in [2.05, 4.69) is 11.9 Å². The van der Waals surface area contributed by atoms with Crippen LogP contribution in [0.2, 0.25) is 0 Å². The molecule has 2 N–H and O–H groups in total. The average Bonchev–Trinajstić information content (AvgIpc) is 2.82. The highest BCUT2D eigenvalue weighted by atomic mass is 15.1. The number of hydrogen-bond donors (Lipinski definition) is 1. The molecule has 1 aliphatic carbocycles. The standard InChI is InChI=1S/C9H15N3/c1-2-5-12-6-11-8(9(12)10)7-3-4-7/h6-7H,2-5,10H2,1H3. The Morgan fingerprint density at radius 1 is 1.67 bits per heavy atom. The lowest BCUT2D eigenvalue weighted by Crippen LogP contribution is -2.02. The molecule has 1 aliphatic rings. The molecular weight excluding hydrogens is 150 g/mol. The number of nitrogens with zero attached hydrogens (tertiary/aromatic N) is 2. The van der Waals surface area contributed by atoms with E-state index in [0.29, 0.717) is 5.92 Å². The predicted molar refractivity (Wildman–Crippen MR) is 48.9 cm³/mol. The Kier molecular flexibility index (Phi) is 1.79. The Hall–Kier alpha value is -0.990. The summed E-state index contributed by atoms with van der Waals surface area (Å²) in [6.45, 7) is 3.14. The van der Waals surface area contributed by atoms with Crippen LogP contribution < -0.4 is 5.73 Å². The van der Waals surface area contributed by atoms with E-state index >= 15 is 0 Å². The summed E-state index contributed by atoms with van der Waals surface area (Å²) in [4.78, 5) is 4.33. The number of aryl methyl sites for hydroxylation is 1. The Morgan fingerprint density at radius 3 is 3.00 bits per heavy atom. The van der Waals surface area contributed by atoms with Crippen LogP contribution in [-0.2, 0) is 6.54 Å². The van der Waals surface area contributed by atoms with E-state index in [0.717, 1.165) is 24.5 Å². The number of nitrogen functional groups attached to an aromatic ring is 1. The van der Waals surface area contributed by atoms with Gasteiger partial charge in [-0.3, -0.25) is 0 Å². The summed E-state index contributed by atoms with van der Waals surface area (Å²) in [5.41, 5.74) is 7.06. The summed E-state index contributed by atoms with van der Waals surface area (Å²) in [7, 11) is 0. The lowest BCUT2D eigenvalue weighted by molar-refractivity contribution is 0.686. The molecule has 66 valence electrons. The zero-order chi connectivity index (χ0) is 8.55. The van der Waals surface area contributed by atoms with Gasteiger partial charge in [0.15, 0.2) is 0 Å². The van der Waals surface area contributed by atoms with Crippen LogP contribution in [0.3, 0.4) is 0 Å². The summed E-state index contributed by atoms with van der Waals surface area (Å²) >= 11 is 0. The van der Waals surface area contributed by atoms with Crippen molar-refractivity contribution in [2.45, 2.75) is 38.6 Å². The molecule has 2 rings (SSSR count). The number of imidazole rings is 1. The first-order chi connectivity index (χ1) is 5.83. The van der Waals surface area contributed by atoms with E-state index in [4.69, 9.17) is 5.73 Å². The second-order valence-electron chi connectivity index (χ2n) is 3.48. The molecule has 1 heterocycles. The molecule has 0 atom stereocenters. The van der Waals surface area contributed by atoms with Crippen LogP contribution in [0.25, 0.3) is 0 Å². The van der Waals surface area contributed by atoms with E-state index < -0.39 is 0 Å². The summed E-state index contributed by atoms with van der Waals surface area (Å²) in [5.74, 6) is 1.56. The topological polar surface area (TPSA) is 43.8 Å². The lowest BCUT2D eigenvalue weighted by atomic mass is 10.3. The van der Waals surface area contributed by atoms with Crippen molar-refractivity contribution in [3.63, 3.8) is 0 Å². The maximum Gasteiger partial charge on any atom is 0.126 e. The van der Waals surface area contributed by atoms with Crippen LogP contribution in [0.5, 0.6) is 0 Å². The minimum Gasteiger partial charge on any atom is -0.384 e. The third kappa shape index (κ3) is 1.19. The van der Waals surface area contributed by atoms with Gasteiger partial charge in [0.2, 0.25) is 0 Å². The fourth-order valence-electron chi connectivity index (χ4n) is 1.50. The molecule has 1 fully saturated rings. The van der Waals surface area contributed by atoms with E-state index in [1.165, 1.54) is 12.8 Å². The van der Waals surface area contributed by atoms with Crippen molar-refractivity contribution in [1.82, 2.24) is 9.55 Å². The highest BCUT2D eigenvalue weighted by Gasteiger charge is 2.28. The molecule has 3 nitrogen and oxygen atoms in total. The molecule has 1 aromatic heterocycles. The first-order valence-corrected chi connectivity index (χ1v) is 4.63. The molecule has 0 unspecified atom stereocenters. The van der Waals surface area contributed by atoms with Crippen LogP contribution in [0.15, 0.2) is 6.33 Å². The van der Waals surface area contributed by atoms with Gasteiger partial charge in [0.05, 0.1) is 12.0 Å². The second-order valence-corrected chi connectivity index (χ2v) is 3.48. The monoisotopic (exact) mass is 165 g/mol. The summed E-state index contributed by atoms with van der Waals surface area (Å²) in [6, 6.07) is 0. The molecular formula is C9H15N3. The van der Waals surface area contributed by atoms with Gasteiger partial charge < -0.3 is 10.3 Å². The van der Waals surface area contributed by atoms with Gasteiger partial charge in [-0.2, -0.15) is 0 Å². The van der Waals surface area contributed by atoms with Gasteiger partial charge in [-0.25, -0.2) is 4.98 Å². The normalized spacial score (nSPS) is 16.8. The fraction of sp³-hybridized carbons (Fsp3) is 0.667. The molecule has 12 heavy (non-hydrogen) atoms. The van der Waals surface area contributed by atoms with Crippen molar-refractivity contribution >= 4 is 5.82 Å². The zero-order valence-electron chi connectivity index (χ0n) is 7.45. The van der Waals surface area contributed by atoms with Crippen molar-refractivity contribution in [3.05, 3.63) is 12.0 Å². The number of anilines is 1. The maximum absolute atomic E-state index is 5.93. The van der Waals surface area contributed by atoms with Crippen LogP contribution in [0, 0.1) is 0 Å². The molecule has 0 radical (unpaired) electrons.